The molecule has 0 radical (unpaired) electrons. The van der Waals surface area contributed by atoms with Crippen molar-refractivity contribution in [2.45, 2.75) is 5.37 Å². The van der Waals surface area contributed by atoms with Gasteiger partial charge in [0.1, 0.15) is 0 Å². The summed E-state index contributed by atoms with van der Waals surface area (Å²) in [6.07, 6.45) is 0. The standard InChI is InChI=1S/CH3FO2S/c2-1(3,4)5/h3-5H. The quantitative estimate of drug-likeness (QED) is 0.282. The molecule has 0 aliphatic rings. The van der Waals surface area contributed by atoms with Crippen LogP contribution in [-0.4, -0.2) is 15.6 Å². The van der Waals surface area contributed by atoms with Crippen LogP contribution in [0, 0.1) is 0 Å². The van der Waals surface area contributed by atoms with Crippen LogP contribution in [0.1, 0.15) is 0 Å². The molecule has 0 spiro atoms. The summed E-state index contributed by atoms with van der Waals surface area (Å²) < 4.78 is 10.7. The molecule has 0 rings (SSSR count). The lowest BCUT2D eigenvalue weighted by atomic mass is 11.4. The first-order valence-electron chi connectivity index (χ1n) is 0.860. The van der Waals surface area contributed by atoms with Gasteiger partial charge in [-0.3, -0.25) is 0 Å². The van der Waals surface area contributed by atoms with Crippen LogP contribution in [0.15, 0.2) is 0 Å². The monoisotopic (exact) mass is 98.0 g/mol. The third kappa shape index (κ3) is 508. The summed E-state index contributed by atoms with van der Waals surface area (Å²) in [4.78, 5) is 0. The fourth-order valence-electron chi connectivity index (χ4n) is 0. The Morgan fingerprint density at radius 1 is 1.60 bits per heavy atom. The van der Waals surface area contributed by atoms with Gasteiger partial charge in [-0.25, -0.2) is 0 Å². The maximum absolute atomic E-state index is 10.7. The molecule has 0 atom stereocenters. The smallest absolute Gasteiger partial charge is 0.331 e. The summed E-state index contributed by atoms with van der Waals surface area (Å²) in [6.45, 7) is 0. The van der Waals surface area contributed by atoms with E-state index in [1.807, 2.05) is 0 Å². The van der Waals surface area contributed by atoms with Crippen molar-refractivity contribution in [1.82, 2.24) is 0 Å². The van der Waals surface area contributed by atoms with Crippen LogP contribution in [-0.2, 0) is 0 Å². The van der Waals surface area contributed by atoms with E-state index in [9.17, 15) is 4.39 Å². The Bertz CT molecular complexity index is 25.1. The zero-order chi connectivity index (χ0) is 4.50. The summed E-state index contributed by atoms with van der Waals surface area (Å²) in [5, 5.41) is 11.2. The fraction of sp³-hybridized carbons (Fsp3) is 1.00. The van der Waals surface area contributed by atoms with Gasteiger partial charge in [0.25, 0.3) is 0 Å². The summed E-state index contributed by atoms with van der Waals surface area (Å²) in [7, 11) is 0. The molecule has 0 aromatic rings. The molecule has 32 valence electrons. The molecule has 4 heteroatoms. The molecule has 0 unspecified atom stereocenters. The third-order valence-corrected chi connectivity index (χ3v) is 0. The summed E-state index contributed by atoms with van der Waals surface area (Å²) in [6, 6.07) is 0. The maximum atomic E-state index is 10.7. The Hall–Kier alpha value is 0.200. The Morgan fingerprint density at radius 2 is 1.60 bits per heavy atom. The molecule has 0 saturated heterocycles. The van der Waals surface area contributed by atoms with Crippen LogP contribution in [0.4, 0.5) is 4.39 Å². The highest BCUT2D eigenvalue weighted by Gasteiger charge is 2.09. The highest BCUT2D eigenvalue weighted by atomic mass is 32.1. The van der Waals surface area contributed by atoms with Gasteiger partial charge in [-0.05, 0) is 0 Å². The second-order valence-corrected chi connectivity index (χ2v) is 1.12. The van der Waals surface area contributed by atoms with Crippen molar-refractivity contribution < 1.29 is 14.6 Å². The minimum atomic E-state index is -3.31. The maximum Gasteiger partial charge on any atom is 0.365 e. The van der Waals surface area contributed by atoms with Gasteiger partial charge in [0.2, 0.25) is 0 Å². The minimum absolute atomic E-state index is 2.57. The Labute approximate surface area is 33.6 Å². The van der Waals surface area contributed by atoms with Crippen molar-refractivity contribution in [2.24, 2.45) is 0 Å². The fourth-order valence-corrected chi connectivity index (χ4v) is 0. The number of rotatable bonds is 0. The lowest BCUT2D eigenvalue weighted by Crippen LogP contribution is -2.08. The van der Waals surface area contributed by atoms with Crippen LogP contribution in [0.3, 0.4) is 0 Å². The molecule has 0 bridgehead atoms. The average molecular weight is 98.1 g/mol. The van der Waals surface area contributed by atoms with E-state index < -0.39 is 5.37 Å². The van der Waals surface area contributed by atoms with Crippen molar-refractivity contribution in [3.63, 3.8) is 0 Å². The van der Waals surface area contributed by atoms with Crippen LogP contribution in [0.25, 0.3) is 0 Å². The summed E-state index contributed by atoms with van der Waals surface area (Å²) >= 11 is 2.57. The van der Waals surface area contributed by atoms with E-state index >= 15 is 0 Å². The Morgan fingerprint density at radius 3 is 1.60 bits per heavy atom. The van der Waals surface area contributed by atoms with Crippen LogP contribution >= 0.6 is 12.6 Å². The molecule has 0 aliphatic heterocycles. The lowest BCUT2D eigenvalue weighted by molar-refractivity contribution is -0.175. The van der Waals surface area contributed by atoms with Gasteiger partial charge in [-0.15, -0.1) is 0 Å². The predicted octanol–water partition coefficient (Wildman–Crippen LogP) is -0.518. The third-order valence-electron chi connectivity index (χ3n) is 0. The zero-order valence-electron chi connectivity index (χ0n) is 2.22. The van der Waals surface area contributed by atoms with Gasteiger partial charge in [-0.2, -0.15) is 4.39 Å². The number of aliphatic hydroxyl groups is 2. The van der Waals surface area contributed by atoms with E-state index in [0.29, 0.717) is 0 Å². The number of halogens is 1. The van der Waals surface area contributed by atoms with E-state index in [-0.39, 0.29) is 0 Å². The molecule has 5 heavy (non-hydrogen) atoms. The van der Waals surface area contributed by atoms with Crippen molar-refractivity contribution >= 4 is 12.6 Å². The molecule has 2 nitrogen and oxygen atoms in total. The molecule has 0 aromatic heterocycles. The van der Waals surface area contributed by atoms with E-state index in [4.69, 9.17) is 10.2 Å². The van der Waals surface area contributed by atoms with Crippen LogP contribution in [0.5, 0.6) is 0 Å². The number of thiol groups is 1. The molecule has 2 N–H and O–H groups in total. The van der Waals surface area contributed by atoms with E-state index in [1.165, 1.54) is 0 Å². The van der Waals surface area contributed by atoms with Crippen molar-refractivity contribution in [3.8, 4) is 0 Å². The number of hydrogen-bond acceptors (Lipinski definition) is 3. The SMILES string of the molecule is OC(O)(F)S. The summed E-state index contributed by atoms with van der Waals surface area (Å²) in [5.41, 5.74) is 0. The van der Waals surface area contributed by atoms with Gasteiger partial charge in [0, 0.05) is 0 Å². The highest BCUT2D eigenvalue weighted by molar-refractivity contribution is 7.81. The normalized spacial score (nSPS) is 12.0. The number of hydrogen-bond donors (Lipinski definition) is 3. The first-order valence-corrected chi connectivity index (χ1v) is 1.31. The van der Waals surface area contributed by atoms with Crippen LogP contribution < -0.4 is 0 Å². The largest absolute Gasteiger partial charge is 0.365 e. The molecule has 0 aromatic carbocycles. The molecular formula is CH3FO2S. The van der Waals surface area contributed by atoms with Gasteiger partial charge >= 0.3 is 5.37 Å². The summed E-state index contributed by atoms with van der Waals surface area (Å²) in [5.74, 6) is 0. The van der Waals surface area contributed by atoms with Gasteiger partial charge in [0.15, 0.2) is 0 Å². The van der Waals surface area contributed by atoms with E-state index in [1.54, 1.807) is 0 Å². The minimum Gasteiger partial charge on any atom is -0.331 e. The zero-order valence-corrected chi connectivity index (χ0v) is 3.11. The van der Waals surface area contributed by atoms with Crippen molar-refractivity contribution in [1.29, 1.82) is 0 Å². The number of alkyl halides is 1. The first-order chi connectivity index (χ1) is 2.00. The van der Waals surface area contributed by atoms with Gasteiger partial charge in [0.05, 0.1) is 0 Å². The van der Waals surface area contributed by atoms with Crippen molar-refractivity contribution in [2.75, 3.05) is 0 Å². The molecule has 0 amide bonds. The Balaban J connectivity index is 3.02. The van der Waals surface area contributed by atoms with Crippen molar-refractivity contribution in [3.05, 3.63) is 0 Å². The topological polar surface area (TPSA) is 40.5 Å². The molecule has 0 heterocycles. The molecule has 0 fully saturated rings. The van der Waals surface area contributed by atoms with Crippen LogP contribution in [0.2, 0.25) is 0 Å². The van der Waals surface area contributed by atoms with Gasteiger partial charge < -0.3 is 10.2 Å². The molecular weight excluding hydrogens is 95.1 g/mol. The van der Waals surface area contributed by atoms with E-state index in [2.05, 4.69) is 12.6 Å². The predicted molar refractivity (Wildman–Crippen MR) is 17.3 cm³/mol. The van der Waals surface area contributed by atoms with E-state index in [0.717, 1.165) is 0 Å². The highest BCUT2D eigenvalue weighted by Crippen LogP contribution is 2.02. The first kappa shape index (κ1) is 5.20. The lowest BCUT2D eigenvalue weighted by Gasteiger charge is -1.96. The molecule has 0 aliphatic carbocycles. The Kier molecular flexibility index (Phi) is 1.16. The molecule has 0 saturated carbocycles. The van der Waals surface area contributed by atoms with Gasteiger partial charge in [-0.1, -0.05) is 12.6 Å². The average Bonchev–Trinajstić information content (AvgIpc) is 0.722. The second-order valence-electron chi connectivity index (χ2n) is 0.554. The second kappa shape index (κ2) is 1.12.